The fraction of sp³-hybridized carbons (Fsp3) is 0.229. The predicted molar refractivity (Wildman–Crippen MR) is 180 cm³/mol. The lowest BCUT2D eigenvalue weighted by atomic mass is 10.0. The molecule has 0 aromatic heterocycles. The van der Waals surface area contributed by atoms with Crippen molar-refractivity contribution in [1.82, 2.24) is 4.72 Å². The van der Waals surface area contributed by atoms with E-state index in [0.29, 0.717) is 5.69 Å². The normalized spacial score (nSPS) is 11.1. The molecule has 0 atom stereocenters. The van der Waals surface area contributed by atoms with Crippen molar-refractivity contribution in [3.63, 3.8) is 0 Å². The van der Waals surface area contributed by atoms with Gasteiger partial charge in [-0.05, 0) is 98.5 Å². The van der Waals surface area contributed by atoms with E-state index < -0.39 is 27.8 Å². The Morgan fingerprint density at radius 3 is 1.93 bits per heavy atom. The van der Waals surface area contributed by atoms with Crippen LogP contribution >= 0.6 is 0 Å². The number of anilines is 3. The standard InChI is InChI=1S/C35H38N4O6S/c1-4-36-46(44,45)30-9-7-8-27(22-30)33(40)38-32-21-20-29(39(5-2)6-3)23-31(32)34(41)37-28-18-14-25(15-19-28)11-10-24-12-16-26(17-13-24)35(42)43/h7-9,12-23,36H,4-6,10-11H2,1-3H3,(H,37,41)(H,38,40)(H,42,43). The van der Waals surface area contributed by atoms with E-state index in [1.54, 1.807) is 31.2 Å². The summed E-state index contributed by atoms with van der Waals surface area (Å²) >= 11 is 0. The number of aromatic carboxylic acids is 1. The Kier molecular flexibility index (Phi) is 11.3. The highest BCUT2D eigenvalue weighted by Gasteiger charge is 2.19. The molecule has 0 unspecified atom stereocenters. The van der Waals surface area contributed by atoms with Gasteiger partial charge in [-0.25, -0.2) is 17.9 Å². The number of nitrogens with one attached hydrogen (secondary N) is 3. The number of benzene rings is 4. The lowest BCUT2D eigenvalue weighted by Crippen LogP contribution is -2.24. The van der Waals surface area contributed by atoms with Gasteiger partial charge in [-0.15, -0.1) is 0 Å². The van der Waals surface area contributed by atoms with Gasteiger partial charge in [-0.1, -0.05) is 37.3 Å². The number of amides is 2. The van der Waals surface area contributed by atoms with Gasteiger partial charge >= 0.3 is 5.97 Å². The molecule has 11 heteroatoms. The average Bonchev–Trinajstić information content (AvgIpc) is 3.05. The Balaban J connectivity index is 1.52. The number of nitrogens with zero attached hydrogens (tertiary/aromatic N) is 1. The molecule has 2 amide bonds. The Labute approximate surface area is 269 Å². The van der Waals surface area contributed by atoms with Crippen LogP contribution in [0, 0.1) is 0 Å². The van der Waals surface area contributed by atoms with Crippen LogP contribution in [0.15, 0.2) is 95.9 Å². The lowest BCUT2D eigenvalue weighted by molar-refractivity contribution is 0.0696. The molecule has 0 aliphatic carbocycles. The third kappa shape index (κ3) is 8.58. The second-order valence-electron chi connectivity index (χ2n) is 10.5. The quantitative estimate of drug-likeness (QED) is 0.136. The van der Waals surface area contributed by atoms with Gasteiger partial charge in [0.2, 0.25) is 10.0 Å². The summed E-state index contributed by atoms with van der Waals surface area (Å²) in [5.74, 6) is -1.93. The molecule has 10 nitrogen and oxygen atoms in total. The Morgan fingerprint density at radius 1 is 0.717 bits per heavy atom. The summed E-state index contributed by atoms with van der Waals surface area (Å²) in [5, 5.41) is 14.8. The van der Waals surface area contributed by atoms with Gasteiger partial charge in [0.15, 0.2) is 0 Å². The minimum Gasteiger partial charge on any atom is -0.478 e. The van der Waals surface area contributed by atoms with Crippen molar-refractivity contribution in [1.29, 1.82) is 0 Å². The molecule has 4 aromatic rings. The second-order valence-corrected chi connectivity index (χ2v) is 12.3. The zero-order chi connectivity index (χ0) is 33.3. The summed E-state index contributed by atoms with van der Waals surface area (Å²) in [6.45, 7) is 7.36. The van der Waals surface area contributed by atoms with Gasteiger partial charge in [0.1, 0.15) is 0 Å². The van der Waals surface area contributed by atoms with Crippen molar-refractivity contribution in [2.24, 2.45) is 0 Å². The SMILES string of the molecule is CCNS(=O)(=O)c1cccc(C(=O)Nc2ccc(N(CC)CC)cc2C(=O)Nc2ccc(CCc3ccc(C(=O)O)cc3)cc2)c1. The third-order valence-corrected chi connectivity index (χ3v) is 9.02. The monoisotopic (exact) mass is 642 g/mol. The van der Waals surface area contributed by atoms with Crippen molar-refractivity contribution in [2.45, 2.75) is 38.5 Å². The largest absolute Gasteiger partial charge is 0.478 e. The van der Waals surface area contributed by atoms with Gasteiger partial charge in [-0.2, -0.15) is 0 Å². The molecule has 0 bridgehead atoms. The van der Waals surface area contributed by atoms with Crippen LogP contribution in [0.1, 0.15) is 63.0 Å². The number of carboxylic acid groups (broad SMARTS) is 1. The maximum Gasteiger partial charge on any atom is 0.335 e. The Bertz CT molecular complexity index is 1800. The molecule has 0 heterocycles. The highest BCUT2D eigenvalue weighted by Crippen LogP contribution is 2.26. The number of carbonyl (C=O) groups excluding carboxylic acids is 2. The molecule has 0 spiro atoms. The maximum absolute atomic E-state index is 13.6. The topological polar surface area (TPSA) is 145 Å². The van der Waals surface area contributed by atoms with E-state index in [-0.39, 0.29) is 33.8 Å². The molecule has 0 aliphatic heterocycles. The van der Waals surface area contributed by atoms with Crippen LogP contribution in [0.5, 0.6) is 0 Å². The van der Waals surface area contributed by atoms with E-state index in [4.69, 9.17) is 5.11 Å². The summed E-state index contributed by atoms with van der Waals surface area (Å²) in [6.07, 6.45) is 1.47. The minimum atomic E-state index is -3.76. The number of sulfonamides is 1. The van der Waals surface area contributed by atoms with Gasteiger partial charge in [0, 0.05) is 36.6 Å². The Morgan fingerprint density at radius 2 is 1.35 bits per heavy atom. The number of carboxylic acids is 1. The molecule has 0 radical (unpaired) electrons. The first-order chi connectivity index (χ1) is 22.0. The smallest absolute Gasteiger partial charge is 0.335 e. The van der Waals surface area contributed by atoms with Crippen LogP contribution in [0.3, 0.4) is 0 Å². The summed E-state index contributed by atoms with van der Waals surface area (Å²) in [4.78, 5) is 40.0. The first kappa shape index (κ1) is 33.9. The van der Waals surface area contributed by atoms with Crippen LogP contribution in [-0.4, -0.2) is 50.9 Å². The van der Waals surface area contributed by atoms with Crippen molar-refractivity contribution in [2.75, 3.05) is 35.2 Å². The maximum atomic E-state index is 13.6. The van der Waals surface area contributed by atoms with Gasteiger partial charge in [0.25, 0.3) is 11.8 Å². The van der Waals surface area contributed by atoms with Crippen LogP contribution in [0.25, 0.3) is 0 Å². The minimum absolute atomic E-state index is 0.0311. The van der Waals surface area contributed by atoms with Crippen molar-refractivity contribution in [3.05, 3.63) is 119 Å². The fourth-order valence-electron chi connectivity index (χ4n) is 4.94. The molecule has 0 aliphatic rings. The molecular weight excluding hydrogens is 604 g/mol. The molecule has 4 aromatic carbocycles. The van der Waals surface area contributed by atoms with Crippen molar-refractivity contribution < 1.29 is 27.9 Å². The molecule has 0 fully saturated rings. The number of hydrogen-bond donors (Lipinski definition) is 4. The number of carbonyl (C=O) groups is 3. The van der Waals surface area contributed by atoms with E-state index in [2.05, 4.69) is 20.3 Å². The number of rotatable bonds is 14. The molecule has 4 rings (SSSR count). The highest BCUT2D eigenvalue weighted by atomic mass is 32.2. The van der Waals surface area contributed by atoms with E-state index in [1.807, 2.05) is 56.3 Å². The van der Waals surface area contributed by atoms with E-state index in [0.717, 1.165) is 42.7 Å². The van der Waals surface area contributed by atoms with Crippen molar-refractivity contribution >= 4 is 44.9 Å². The Hall–Kier alpha value is -5.00. The zero-order valence-electron chi connectivity index (χ0n) is 26.0. The van der Waals surface area contributed by atoms with E-state index >= 15 is 0 Å². The molecule has 0 saturated carbocycles. The molecule has 4 N–H and O–H groups in total. The molecule has 0 saturated heterocycles. The first-order valence-electron chi connectivity index (χ1n) is 15.1. The van der Waals surface area contributed by atoms with Crippen LogP contribution in [0.4, 0.5) is 17.1 Å². The third-order valence-electron chi connectivity index (χ3n) is 7.48. The average molecular weight is 643 g/mol. The van der Waals surface area contributed by atoms with E-state index in [1.165, 1.54) is 24.3 Å². The van der Waals surface area contributed by atoms with Crippen molar-refractivity contribution in [3.8, 4) is 0 Å². The zero-order valence-corrected chi connectivity index (χ0v) is 26.9. The van der Waals surface area contributed by atoms with Crippen LogP contribution in [0.2, 0.25) is 0 Å². The van der Waals surface area contributed by atoms with Crippen LogP contribution in [-0.2, 0) is 22.9 Å². The van der Waals surface area contributed by atoms with E-state index in [9.17, 15) is 22.8 Å². The van der Waals surface area contributed by atoms with Gasteiger partial charge in [-0.3, -0.25) is 9.59 Å². The summed E-state index contributed by atoms with van der Waals surface area (Å²) < 4.78 is 27.4. The number of hydrogen-bond acceptors (Lipinski definition) is 6. The van der Waals surface area contributed by atoms with Crippen LogP contribution < -0.4 is 20.3 Å². The fourth-order valence-corrected chi connectivity index (χ4v) is 6.03. The molecular formula is C35H38N4O6S. The van der Waals surface area contributed by atoms with Gasteiger partial charge in [0.05, 0.1) is 21.7 Å². The summed E-state index contributed by atoms with van der Waals surface area (Å²) in [6, 6.07) is 25.2. The summed E-state index contributed by atoms with van der Waals surface area (Å²) in [7, 11) is -3.76. The molecule has 46 heavy (non-hydrogen) atoms. The lowest BCUT2D eigenvalue weighted by Gasteiger charge is -2.23. The highest BCUT2D eigenvalue weighted by molar-refractivity contribution is 7.89. The predicted octanol–water partition coefficient (Wildman–Crippen LogP) is 5.82. The molecule has 240 valence electrons. The van der Waals surface area contributed by atoms with Gasteiger partial charge < -0.3 is 20.6 Å². The first-order valence-corrected chi connectivity index (χ1v) is 16.6. The summed E-state index contributed by atoms with van der Waals surface area (Å²) in [5.41, 5.74) is 4.38. The second kappa shape index (κ2) is 15.3. The number of aryl methyl sites for hydroxylation is 2.